The Morgan fingerprint density at radius 1 is 1.44 bits per heavy atom. The summed E-state index contributed by atoms with van der Waals surface area (Å²) in [6.07, 6.45) is 1.58. The van der Waals surface area contributed by atoms with E-state index in [1.165, 1.54) is 0 Å². The van der Waals surface area contributed by atoms with E-state index >= 15 is 0 Å². The highest BCUT2D eigenvalue weighted by atomic mass is 32.2. The monoisotopic (exact) mass is 274 g/mol. The van der Waals surface area contributed by atoms with Crippen LogP contribution in [0.25, 0.3) is 0 Å². The molecule has 0 atom stereocenters. The van der Waals surface area contributed by atoms with Crippen LogP contribution in [0, 0.1) is 6.92 Å². The molecular formula is C11H22N4O2S. The summed E-state index contributed by atoms with van der Waals surface area (Å²) < 4.78 is 28.4. The van der Waals surface area contributed by atoms with E-state index in [0.717, 1.165) is 0 Å². The molecule has 0 bridgehead atoms. The lowest BCUT2D eigenvalue weighted by Gasteiger charge is -2.10. The molecule has 0 spiro atoms. The second-order valence-corrected chi connectivity index (χ2v) is 6.59. The third-order valence-electron chi connectivity index (χ3n) is 2.54. The first-order valence-electron chi connectivity index (χ1n) is 5.94. The van der Waals surface area contributed by atoms with Crippen molar-refractivity contribution in [1.82, 2.24) is 19.4 Å². The van der Waals surface area contributed by atoms with Crippen molar-refractivity contribution in [1.29, 1.82) is 0 Å². The lowest BCUT2D eigenvalue weighted by Crippen LogP contribution is -2.31. The van der Waals surface area contributed by atoms with Crippen LogP contribution in [-0.2, 0) is 10.0 Å². The fourth-order valence-corrected chi connectivity index (χ4v) is 2.67. The quantitative estimate of drug-likeness (QED) is 0.825. The van der Waals surface area contributed by atoms with Gasteiger partial charge in [-0.3, -0.25) is 4.68 Å². The lowest BCUT2D eigenvalue weighted by atomic mass is 10.4. The number of aromatic nitrogens is 2. The SMILES string of the molecule is Cc1nn(C(C)C)cc1S(=O)(=O)NCCN(C)C. The van der Waals surface area contributed by atoms with E-state index in [-0.39, 0.29) is 10.9 Å². The lowest BCUT2D eigenvalue weighted by molar-refractivity contribution is 0.412. The van der Waals surface area contributed by atoms with Gasteiger partial charge in [-0.2, -0.15) is 5.10 Å². The molecule has 1 rings (SSSR count). The molecule has 7 heteroatoms. The Labute approximate surface area is 109 Å². The highest BCUT2D eigenvalue weighted by Crippen LogP contribution is 2.15. The summed E-state index contributed by atoms with van der Waals surface area (Å²) in [5, 5.41) is 4.21. The van der Waals surface area contributed by atoms with Crippen molar-refractivity contribution in [2.45, 2.75) is 31.7 Å². The molecule has 1 aromatic heterocycles. The molecule has 0 aliphatic carbocycles. The van der Waals surface area contributed by atoms with Crippen LogP contribution in [0.2, 0.25) is 0 Å². The van der Waals surface area contributed by atoms with Crippen LogP contribution in [0.5, 0.6) is 0 Å². The third kappa shape index (κ3) is 3.79. The maximum atomic E-state index is 12.1. The largest absolute Gasteiger partial charge is 0.308 e. The summed E-state index contributed by atoms with van der Waals surface area (Å²) in [5.41, 5.74) is 0.529. The van der Waals surface area contributed by atoms with Gasteiger partial charge in [0.05, 0.1) is 5.69 Å². The molecule has 1 heterocycles. The Balaban J connectivity index is 2.85. The van der Waals surface area contributed by atoms with E-state index in [1.807, 2.05) is 32.8 Å². The van der Waals surface area contributed by atoms with Gasteiger partial charge in [-0.05, 0) is 34.9 Å². The van der Waals surface area contributed by atoms with Crippen molar-refractivity contribution < 1.29 is 8.42 Å². The Bertz CT molecular complexity index is 491. The minimum Gasteiger partial charge on any atom is -0.308 e. The Morgan fingerprint density at radius 2 is 2.06 bits per heavy atom. The first-order valence-corrected chi connectivity index (χ1v) is 7.42. The summed E-state index contributed by atoms with van der Waals surface area (Å²) >= 11 is 0. The van der Waals surface area contributed by atoms with Crippen molar-refractivity contribution in [2.75, 3.05) is 27.2 Å². The Morgan fingerprint density at radius 3 is 2.50 bits per heavy atom. The summed E-state index contributed by atoms with van der Waals surface area (Å²) in [5.74, 6) is 0. The number of nitrogens with one attached hydrogen (secondary N) is 1. The first-order chi connectivity index (χ1) is 8.24. The molecule has 0 saturated heterocycles. The predicted molar refractivity (Wildman–Crippen MR) is 71.1 cm³/mol. The van der Waals surface area contributed by atoms with E-state index in [2.05, 4.69) is 9.82 Å². The molecule has 1 aromatic rings. The second-order valence-electron chi connectivity index (χ2n) is 4.85. The number of aryl methyl sites for hydroxylation is 1. The number of nitrogens with zero attached hydrogens (tertiary/aromatic N) is 3. The van der Waals surface area contributed by atoms with Crippen LogP contribution < -0.4 is 4.72 Å². The van der Waals surface area contributed by atoms with Crippen LogP contribution >= 0.6 is 0 Å². The maximum Gasteiger partial charge on any atom is 0.244 e. The normalized spacial score (nSPS) is 12.6. The molecule has 0 aliphatic heterocycles. The fraction of sp³-hybridized carbons (Fsp3) is 0.727. The van der Waals surface area contributed by atoms with Gasteiger partial charge in [0, 0.05) is 25.3 Å². The number of hydrogen-bond acceptors (Lipinski definition) is 4. The highest BCUT2D eigenvalue weighted by molar-refractivity contribution is 7.89. The first kappa shape index (κ1) is 15.1. The third-order valence-corrected chi connectivity index (χ3v) is 4.11. The molecule has 6 nitrogen and oxygen atoms in total. The topological polar surface area (TPSA) is 67.2 Å². The smallest absolute Gasteiger partial charge is 0.244 e. The average Bonchev–Trinajstić information content (AvgIpc) is 2.60. The predicted octanol–water partition coefficient (Wildman–Crippen LogP) is 0.612. The van der Waals surface area contributed by atoms with Gasteiger partial charge in [-0.15, -0.1) is 0 Å². The molecule has 0 fully saturated rings. The van der Waals surface area contributed by atoms with Crippen molar-refractivity contribution in [3.8, 4) is 0 Å². The molecule has 0 saturated carbocycles. The number of hydrogen-bond donors (Lipinski definition) is 1. The molecular weight excluding hydrogens is 252 g/mol. The van der Waals surface area contributed by atoms with Gasteiger partial charge in [0.15, 0.2) is 0 Å². The van der Waals surface area contributed by atoms with Gasteiger partial charge in [-0.25, -0.2) is 13.1 Å². The molecule has 0 aromatic carbocycles. The maximum absolute atomic E-state index is 12.1. The van der Waals surface area contributed by atoms with Gasteiger partial charge in [0.2, 0.25) is 10.0 Å². The Hall–Kier alpha value is -0.920. The minimum atomic E-state index is -3.46. The van der Waals surface area contributed by atoms with Crippen molar-refractivity contribution in [2.24, 2.45) is 0 Å². The van der Waals surface area contributed by atoms with E-state index in [0.29, 0.717) is 18.8 Å². The molecule has 104 valence electrons. The highest BCUT2D eigenvalue weighted by Gasteiger charge is 2.20. The zero-order valence-electron chi connectivity index (χ0n) is 11.6. The van der Waals surface area contributed by atoms with E-state index in [4.69, 9.17) is 0 Å². The zero-order valence-corrected chi connectivity index (χ0v) is 12.5. The molecule has 18 heavy (non-hydrogen) atoms. The van der Waals surface area contributed by atoms with Crippen molar-refractivity contribution >= 4 is 10.0 Å². The molecule has 0 radical (unpaired) electrons. The summed E-state index contributed by atoms with van der Waals surface area (Å²) in [4.78, 5) is 2.18. The number of sulfonamides is 1. The van der Waals surface area contributed by atoms with E-state index in [9.17, 15) is 8.42 Å². The fourth-order valence-electron chi connectivity index (χ4n) is 1.47. The van der Waals surface area contributed by atoms with Gasteiger partial charge >= 0.3 is 0 Å². The van der Waals surface area contributed by atoms with Crippen LogP contribution in [0.3, 0.4) is 0 Å². The average molecular weight is 274 g/mol. The molecule has 0 unspecified atom stereocenters. The van der Waals surface area contributed by atoms with Crippen molar-refractivity contribution in [3.05, 3.63) is 11.9 Å². The summed E-state index contributed by atoms with van der Waals surface area (Å²) in [6.45, 7) is 6.68. The van der Waals surface area contributed by atoms with Crippen LogP contribution in [0.4, 0.5) is 0 Å². The number of likely N-dealkylation sites (N-methyl/N-ethyl adjacent to an activating group) is 1. The minimum absolute atomic E-state index is 0.148. The van der Waals surface area contributed by atoms with E-state index < -0.39 is 10.0 Å². The number of rotatable bonds is 6. The standard InChI is InChI=1S/C11H22N4O2S/c1-9(2)15-8-11(10(3)13-15)18(16,17)12-6-7-14(4)5/h8-9,12H,6-7H2,1-5H3. The van der Waals surface area contributed by atoms with Crippen molar-refractivity contribution in [3.63, 3.8) is 0 Å². The van der Waals surface area contributed by atoms with Gasteiger partial charge in [0.1, 0.15) is 4.90 Å². The Kier molecular flexibility index (Phi) is 4.89. The van der Waals surface area contributed by atoms with Crippen LogP contribution in [-0.4, -0.2) is 50.3 Å². The van der Waals surface area contributed by atoms with Gasteiger partial charge < -0.3 is 4.90 Å². The summed E-state index contributed by atoms with van der Waals surface area (Å²) in [7, 11) is 0.339. The van der Waals surface area contributed by atoms with Gasteiger partial charge in [0.25, 0.3) is 0 Å². The second kappa shape index (κ2) is 5.81. The molecule has 0 amide bonds. The van der Waals surface area contributed by atoms with E-state index in [1.54, 1.807) is 17.8 Å². The van der Waals surface area contributed by atoms with Gasteiger partial charge in [-0.1, -0.05) is 0 Å². The van der Waals surface area contributed by atoms with Crippen LogP contribution in [0.15, 0.2) is 11.1 Å². The summed E-state index contributed by atoms with van der Waals surface area (Å²) in [6, 6.07) is 0.148. The van der Waals surface area contributed by atoms with Crippen LogP contribution in [0.1, 0.15) is 25.6 Å². The zero-order chi connectivity index (χ0) is 13.9. The molecule has 0 aliphatic rings. The molecule has 1 N–H and O–H groups in total.